The van der Waals surface area contributed by atoms with E-state index in [-0.39, 0.29) is 6.42 Å². The Bertz CT molecular complexity index is 582. The van der Waals surface area contributed by atoms with Gasteiger partial charge in [-0.2, -0.15) is 5.10 Å². The highest BCUT2D eigenvalue weighted by Gasteiger charge is 2.13. The molecule has 0 saturated heterocycles. The van der Waals surface area contributed by atoms with Crippen LogP contribution < -0.4 is 0 Å². The van der Waals surface area contributed by atoms with Crippen LogP contribution in [0.1, 0.15) is 11.4 Å². The molecule has 0 aliphatic rings. The fraction of sp³-hybridized carbons (Fsp3) is 0.222. The number of rotatable bonds is 2. The summed E-state index contributed by atoms with van der Waals surface area (Å²) in [4.78, 5) is 14.8. The number of carboxylic acid groups (broad SMARTS) is 1. The van der Waals surface area contributed by atoms with Gasteiger partial charge in [0, 0.05) is 0 Å². The molecule has 0 aliphatic heterocycles. The van der Waals surface area contributed by atoms with Crippen molar-refractivity contribution >= 4 is 45.8 Å². The highest BCUT2D eigenvalue weighted by molar-refractivity contribution is 14.1. The zero-order valence-corrected chi connectivity index (χ0v) is 11.2. The molecular formula is C9H7ClIN3O2. The first kappa shape index (κ1) is 11.6. The highest BCUT2D eigenvalue weighted by atomic mass is 127. The average molecular weight is 352 g/mol. The second kappa shape index (κ2) is 4.17. The number of carboxylic acids is 1. The van der Waals surface area contributed by atoms with E-state index in [1.54, 1.807) is 0 Å². The molecule has 0 spiro atoms. The largest absolute Gasteiger partial charge is 0.481 e. The van der Waals surface area contributed by atoms with E-state index < -0.39 is 5.97 Å². The van der Waals surface area contributed by atoms with Crippen molar-refractivity contribution in [3.05, 3.63) is 26.2 Å². The Balaban J connectivity index is 2.65. The molecule has 0 amide bonds. The zero-order valence-electron chi connectivity index (χ0n) is 8.24. The SMILES string of the molecule is Cc1nn2c(Cl)cc(CC(=O)O)nc2c1I. The van der Waals surface area contributed by atoms with Gasteiger partial charge < -0.3 is 5.11 Å². The molecular weight excluding hydrogens is 344 g/mol. The summed E-state index contributed by atoms with van der Waals surface area (Å²) >= 11 is 8.11. The van der Waals surface area contributed by atoms with Crippen LogP contribution in [0.5, 0.6) is 0 Å². The Morgan fingerprint density at radius 3 is 3.00 bits per heavy atom. The molecule has 0 unspecified atom stereocenters. The molecule has 7 heteroatoms. The third-order valence-electron chi connectivity index (χ3n) is 2.03. The molecule has 84 valence electrons. The number of fused-ring (bicyclic) bond motifs is 1. The topological polar surface area (TPSA) is 67.5 Å². The fourth-order valence-corrected chi connectivity index (χ4v) is 2.05. The van der Waals surface area contributed by atoms with E-state index in [9.17, 15) is 4.79 Å². The summed E-state index contributed by atoms with van der Waals surface area (Å²) in [6, 6.07) is 1.52. The van der Waals surface area contributed by atoms with Crippen molar-refractivity contribution in [2.75, 3.05) is 0 Å². The Morgan fingerprint density at radius 2 is 2.38 bits per heavy atom. The molecule has 0 aromatic carbocycles. The van der Waals surface area contributed by atoms with E-state index in [2.05, 4.69) is 32.7 Å². The molecule has 2 aromatic heterocycles. The molecule has 2 heterocycles. The summed E-state index contributed by atoms with van der Waals surface area (Å²) in [6.45, 7) is 1.85. The minimum Gasteiger partial charge on any atom is -0.481 e. The van der Waals surface area contributed by atoms with Crippen LogP contribution in [0, 0.1) is 10.5 Å². The lowest BCUT2D eigenvalue weighted by atomic mass is 10.3. The lowest BCUT2D eigenvalue weighted by molar-refractivity contribution is -0.136. The van der Waals surface area contributed by atoms with Gasteiger partial charge >= 0.3 is 5.97 Å². The summed E-state index contributed by atoms with van der Waals surface area (Å²) in [7, 11) is 0. The molecule has 5 nitrogen and oxygen atoms in total. The van der Waals surface area contributed by atoms with Crippen LogP contribution in [-0.2, 0) is 11.2 Å². The van der Waals surface area contributed by atoms with Crippen molar-refractivity contribution in [3.63, 3.8) is 0 Å². The zero-order chi connectivity index (χ0) is 11.9. The second-order valence-corrected chi connectivity index (χ2v) is 4.74. The van der Waals surface area contributed by atoms with Gasteiger partial charge in [0.25, 0.3) is 0 Å². The van der Waals surface area contributed by atoms with Crippen LogP contribution in [0.3, 0.4) is 0 Å². The Kier molecular flexibility index (Phi) is 3.02. The fourth-order valence-electron chi connectivity index (χ4n) is 1.35. The van der Waals surface area contributed by atoms with Gasteiger partial charge in [-0.1, -0.05) is 11.6 Å². The molecule has 0 atom stereocenters. The summed E-state index contributed by atoms with van der Waals surface area (Å²) in [5.41, 5.74) is 1.85. The first-order chi connectivity index (χ1) is 7.49. The maximum absolute atomic E-state index is 10.6. The van der Waals surface area contributed by atoms with E-state index in [4.69, 9.17) is 16.7 Å². The van der Waals surface area contributed by atoms with Crippen LogP contribution in [-0.4, -0.2) is 25.7 Å². The van der Waals surface area contributed by atoms with E-state index in [1.807, 2.05) is 6.92 Å². The molecule has 2 rings (SSSR count). The number of aromatic nitrogens is 3. The average Bonchev–Trinajstić information content (AvgIpc) is 2.45. The lowest BCUT2D eigenvalue weighted by Crippen LogP contribution is -2.04. The van der Waals surface area contributed by atoms with E-state index in [0.717, 1.165) is 9.26 Å². The summed E-state index contributed by atoms with van der Waals surface area (Å²) < 4.78 is 2.39. The van der Waals surface area contributed by atoms with E-state index in [0.29, 0.717) is 16.5 Å². The van der Waals surface area contributed by atoms with Crippen LogP contribution in [0.25, 0.3) is 5.65 Å². The highest BCUT2D eigenvalue weighted by Crippen LogP contribution is 2.20. The predicted octanol–water partition coefficient (Wildman–Crippen LogP) is 1.92. The van der Waals surface area contributed by atoms with Gasteiger partial charge in [0.2, 0.25) is 0 Å². The number of hydrogen-bond donors (Lipinski definition) is 1. The standard InChI is InChI=1S/C9H7ClIN3O2/c1-4-8(11)9-12-5(3-7(15)16)2-6(10)14(9)13-4/h2H,3H2,1H3,(H,15,16). The van der Waals surface area contributed by atoms with Crippen molar-refractivity contribution in [1.82, 2.24) is 14.6 Å². The minimum absolute atomic E-state index is 0.142. The first-order valence-corrected chi connectivity index (χ1v) is 5.86. The monoisotopic (exact) mass is 351 g/mol. The van der Waals surface area contributed by atoms with Crippen LogP contribution in [0.2, 0.25) is 5.15 Å². The van der Waals surface area contributed by atoms with Crippen LogP contribution in [0.15, 0.2) is 6.07 Å². The smallest absolute Gasteiger partial charge is 0.309 e. The second-order valence-electron chi connectivity index (χ2n) is 3.28. The van der Waals surface area contributed by atoms with Crippen molar-refractivity contribution in [2.45, 2.75) is 13.3 Å². The van der Waals surface area contributed by atoms with Crippen molar-refractivity contribution in [3.8, 4) is 0 Å². The number of carbonyl (C=O) groups is 1. The van der Waals surface area contributed by atoms with Crippen LogP contribution >= 0.6 is 34.2 Å². The van der Waals surface area contributed by atoms with Gasteiger partial charge in [-0.05, 0) is 35.6 Å². The van der Waals surface area contributed by atoms with Gasteiger partial charge in [0.05, 0.1) is 21.4 Å². The van der Waals surface area contributed by atoms with Crippen molar-refractivity contribution in [1.29, 1.82) is 0 Å². The van der Waals surface area contributed by atoms with Gasteiger partial charge in [-0.25, -0.2) is 9.50 Å². The third-order valence-corrected chi connectivity index (χ3v) is 3.57. The maximum Gasteiger partial charge on any atom is 0.309 e. The summed E-state index contributed by atoms with van der Waals surface area (Å²) in [5, 5.41) is 13.3. The molecule has 1 N–H and O–H groups in total. The predicted molar refractivity (Wildman–Crippen MR) is 66.8 cm³/mol. The molecule has 0 bridgehead atoms. The Labute approximate surface area is 110 Å². The molecule has 0 aliphatic carbocycles. The normalized spacial score (nSPS) is 10.9. The first-order valence-electron chi connectivity index (χ1n) is 4.41. The summed E-state index contributed by atoms with van der Waals surface area (Å²) in [5.74, 6) is -0.931. The number of nitrogens with zero attached hydrogens (tertiary/aromatic N) is 3. The summed E-state index contributed by atoms with van der Waals surface area (Å²) in [6.07, 6.45) is -0.142. The molecule has 0 radical (unpaired) electrons. The Hall–Kier alpha value is -0.890. The van der Waals surface area contributed by atoms with E-state index in [1.165, 1.54) is 10.6 Å². The van der Waals surface area contributed by atoms with Crippen molar-refractivity contribution in [2.24, 2.45) is 0 Å². The number of aliphatic carboxylic acids is 1. The van der Waals surface area contributed by atoms with Crippen LogP contribution in [0.4, 0.5) is 0 Å². The minimum atomic E-state index is -0.931. The van der Waals surface area contributed by atoms with Gasteiger partial charge in [-0.15, -0.1) is 0 Å². The molecule has 2 aromatic rings. The maximum atomic E-state index is 10.6. The molecule has 16 heavy (non-hydrogen) atoms. The van der Waals surface area contributed by atoms with Gasteiger partial charge in [0.1, 0.15) is 5.15 Å². The number of halogens is 2. The lowest BCUT2D eigenvalue weighted by Gasteiger charge is -2.00. The van der Waals surface area contributed by atoms with E-state index >= 15 is 0 Å². The number of aryl methyl sites for hydroxylation is 1. The van der Waals surface area contributed by atoms with Gasteiger partial charge in [0.15, 0.2) is 5.65 Å². The third kappa shape index (κ3) is 1.99. The Morgan fingerprint density at radius 1 is 1.69 bits per heavy atom. The van der Waals surface area contributed by atoms with Gasteiger partial charge in [-0.3, -0.25) is 4.79 Å². The molecule has 0 fully saturated rings. The molecule has 0 saturated carbocycles. The quantitative estimate of drug-likeness (QED) is 0.663. The van der Waals surface area contributed by atoms with Crippen molar-refractivity contribution < 1.29 is 9.90 Å². The number of hydrogen-bond acceptors (Lipinski definition) is 3.